The van der Waals surface area contributed by atoms with Gasteiger partial charge in [0.15, 0.2) is 0 Å². The van der Waals surface area contributed by atoms with Crippen LogP contribution in [0.5, 0.6) is 0 Å². The maximum absolute atomic E-state index is 12.5. The highest BCUT2D eigenvalue weighted by Gasteiger charge is 2.33. The van der Waals surface area contributed by atoms with Crippen molar-refractivity contribution in [2.24, 2.45) is 0 Å². The smallest absolute Gasteiger partial charge is 0.356 e. The van der Waals surface area contributed by atoms with E-state index in [0.717, 1.165) is 37.6 Å². The summed E-state index contributed by atoms with van der Waals surface area (Å²) in [5.74, 6) is 0.479. The van der Waals surface area contributed by atoms with E-state index in [-0.39, 0.29) is 0 Å². The monoisotopic (exact) mass is 230 g/mol. The first kappa shape index (κ1) is 11.2. The lowest BCUT2D eigenvalue weighted by Crippen LogP contribution is -2.22. The van der Waals surface area contributed by atoms with E-state index in [9.17, 15) is 13.2 Å². The van der Waals surface area contributed by atoms with Gasteiger partial charge in [0.2, 0.25) is 0 Å². The molecule has 2 rings (SSSR count). The minimum absolute atomic E-state index is 0.479. The summed E-state index contributed by atoms with van der Waals surface area (Å²) in [6, 6.07) is 2.53. The summed E-state index contributed by atoms with van der Waals surface area (Å²) in [6.07, 6.45) is -2.31. The predicted molar refractivity (Wildman–Crippen MR) is 55.4 cm³/mol. The van der Waals surface area contributed by atoms with E-state index in [0.29, 0.717) is 5.82 Å². The average molecular weight is 230 g/mol. The summed E-state index contributed by atoms with van der Waals surface area (Å²) in [5.41, 5.74) is -0.00472. The van der Waals surface area contributed by atoms with E-state index < -0.39 is 11.9 Å². The topological polar surface area (TPSA) is 16.1 Å². The van der Waals surface area contributed by atoms with Crippen LogP contribution in [-0.4, -0.2) is 18.1 Å². The van der Waals surface area contributed by atoms with Gasteiger partial charge in [-0.1, -0.05) is 6.07 Å². The fraction of sp³-hybridized carbons (Fsp3) is 0.545. The van der Waals surface area contributed by atoms with E-state index in [4.69, 9.17) is 0 Å². The molecular weight excluding hydrogens is 217 g/mol. The number of rotatable bonds is 1. The first-order valence-electron chi connectivity index (χ1n) is 5.28. The van der Waals surface area contributed by atoms with Gasteiger partial charge in [-0.25, -0.2) is 4.98 Å². The van der Waals surface area contributed by atoms with Crippen LogP contribution in [-0.2, 0) is 6.18 Å². The van der Waals surface area contributed by atoms with Crippen molar-refractivity contribution in [2.45, 2.75) is 25.9 Å². The molecule has 0 spiro atoms. The second-order valence-electron chi connectivity index (χ2n) is 4.03. The molecule has 0 radical (unpaired) electrons. The molecule has 0 N–H and O–H groups in total. The molecule has 1 aromatic heterocycles. The first-order valence-corrected chi connectivity index (χ1v) is 5.28. The standard InChI is InChI=1S/C11H13F3N2/c1-8-4-5-9(11(12,13)14)15-10(8)16-6-2-3-7-16/h4-5H,2-3,6-7H2,1H3. The molecule has 0 aromatic carbocycles. The van der Waals surface area contributed by atoms with Crippen LogP contribution in [0.3, 0.4) is 0 Å². The van der Waals surface area contributed by atoms with Crippen LogP contribution in [0.25, 0.3) is 0 Å². The second kappa shape index (κ2) is 3.96. The molecular formula is C11H13F3N2. The third-order valence-corrected chi connectivity index (χ3v) is 2.77. The Bertz CT molecular complexity index is 381. The lowest BCUT2D eigenvalue weighted by Gasteiger charge is -2.20. The summed E-state index contributed by atoms with van der Waals surface area (Å²) in [4.78, 5) is 5.65. The molecule has 1 aromatic rings. The predicted octanol–water partition coefficient (Wildman–Crippen LogP) is 3.01. The Hall–Kier alpha value is -1.26. The fourth-order valence-electron chi connectivity index (χ4n) is 1.92. The van der Waals surface area contributed by atoms with Gasteiger partial charge in [-0.2, -0.15) is 13.2 Å². The molecule has 1 aliphatic heterocycles. The van der Waals surface area contributed by atoms with E-state index >= 15 is 0 Å². The quantitative estimate of drug-likeness (QED) is 0.737. The van der Waals surface area contributed by atoms with Gasteiger partial charge < -0.3 is 4.90 Å². The van der Waals surface area contributed by atoms with Gasteiger partial charge in [-0.05, 0) is 31.4 Å². The third kappa shape index (κ3) is 2.13. The summed E-state index contributed by atoms with van der Waals surface area (Å²) < 4.78 is 37.5. The second-order valence-corrected chi connectivity index (χ2v) is 4.03. The minimum Gasteiger partial charge on any atom is -0.356 e. The Kier molecular flexibility index (Phi) is 2.78. The minimum atomic E-state index is -4.36. The van der Waals surface area contributed by atoms with Crippen molar-refractivity contribution in [2.75, 3.05) is 18.0 Å². The van der Waals surface area contributed by atoms with E-state index in [1.807, 2.05) is 4.90 Å². The van der Waals surface area contributed by atoms with Crippen molar-refractivity contribution < 1.29 is 13.2 Å². The van der Waals surface area contributed by atoms with Crippen LogP contribution in [0.2, 0.25) is 0 Å². The maximum Gasteiger partial charge on any atom is 0.433 e. The highest BCUT2D eigenvalue weighted by molar-refractivity contribution is 5.48. The Morgan fingerprint density at radius 1 is 1.19 bits per heavy atom. The van der Waals surface area contributed by atoms with E-state index in [1.165, 1.54) is 6.07 Å². The molecule has 2 nitrogen and oxygen atoms in total. The van der Waals surface area contributed by atoms with Crippen LogP contribution in [0, 0.1) is 6.92 Å². The SMILES string of the molecule is Cc1ccc(C(F)(F)F)nc1N1CCCC1. The van der Waals surface area contributed by atoms with Gasteiger partial charge in [0, 0.05) is 13.1 Å². The molecule has 0 aliphatic carbocycles. The van der Waals surface area contributed by atoms with Crippen LogP contribution < -0.4 is 4.90 Å². The van der Waals surface area contributed by atoms with Gasteiger partial charge in [0.25, 0.3) is 0 Å². The molecule has 2 heterocycles. The Morgan fingerprint density at radius 2 is 1.81 bits per heavy atom. The molecule has 1 aliphatic rings. The molecule has 16 heavy (non-hydrogen) atoms. The maximum atomic E-state index is 12.5. The molecule has 5 heteroatoms. The highest BCUT2D eigenvalue weighted by Crippen LogP contribution is 2.31. The van der Waals surface area contributed by atoms with Crippen molar-refractivity contribution >= 4 is 5.82 Å². The van der Waals surface area contributed by atoms with Crippen LogP contribution in [0.1, 0.15) is 24.1 Å². The van der Waals surface area contributed by atoms with Crippen molar-refractivity contribution in [3.63, 3.8) is 0 Å². The van der Waals surface area contributed by atoms with Gasteiger partial charge >= 0.3 is 6.18 Å². The number of aryl methyl sites for hydroxylation is 1. The molecule has 88 valence electrons. The largest absolute Gasteiger partial charge is 0.433 e. The van der Waals surface area contributed by atoms with Gasteiger partial charge in [0.05, 0.1) is 0 Å². The highest BCUT2D eigenvalue weighted by atomic mass is 19.4. The van der Waals surface area contributed by atoms with Gasteiger partial charge in [-0.15, -0.1) is 0 Å². The summed E-state index contributed by atoms with van der Waals surface area (Å²) in [5, 5.41) is 0. The number of hydrogen-bond acceptors (Lipinski definition) is 2. The Labute approximate surface area is 92.1 Å². The van der Waals surface area contributed by atoms with E-state index in [2.05, 4.69) is 4.98 Å². The lowest BCUT2D eigenvalue weighted by atomic mass is 10.2. The van der Waals surface area contributed by atoms with Crippen LogP contribution in [0.4, 0.5) is 19.0 Å². The van der Waals surface area contributed by atoms with Crippen molar-refractivity contribution in [1.82, 2.24) is 4.98 Å². The third-order valence-electron chi connectivity index (χ3n) is 2.77. The summed E-state index contributed by atoms with van der Waals surface area (Å²) in [6.45, 7) is 3.39. The zero-order valence-electron chi connectivity index (χ0n) is 9.01. The number of nitrogens with zero attached hydrogens (tertiary/aromatic N) is 2. The normalized spacial score (nSPS) is 16.9. The lowest BCUT2D eigenvalue weighted by molar-refractivity contribution is -0.141. The Morgan fingerprint density at radius 3 is 2.38 bits per heavy atom. The molecule has 1 saturated heterocycles. The number of pyridine rings is 1. The van der Waals surface area contributed by atoms with E-state index in [1.54, 1.807) is 6.92 Å². The fourth-order valence-corrected chi connectivity index (χ4v) is 1.92. The molecule has 0 bridgehead atoms. The van der Waals surface area contributed by atoms with Gasteiger partial charge in [0.1, 0.15) is 11.5 Å². The molecule has 0 saturated carbocycles. The summed E-state index contributed by atoms with van der Waals surface area (Å²) in [7, 11) is 0. The number of hydrogen-bond donors (Lipinski definition) is 0. The number of aromatic nitrogens is 1. The van der Waals surface area contributed by atoms with Crippen molar-refractivity contribution in [1.29, 1.82) is 0 Å². The summed E-state index contributed by atoms with van der Waals surface area (Å²) >= 11 is 0. The Balaban J connectivity index is 2.36. The molecule has 0 unspecified atom stereocenters. The number of halogens is 3. The van der Waals surface area contributed by atoms with Crippen molar-refractivity contribution in [3.8, 4) is 0 Å². The molecule has 1 fully saturated rings. The van der Waals surface area contributed by atoms with Crippen LogP contribution in [0.15, 0.2) is 12.1 Å². The zero-order chi connectivity index (χ0) is 11.8. The van der Waals surface area contributed by atoms with Crippen molar-refractivity contribution in [3.05, 3.63) is 23.4 Å². The first-order chi connectivity index (χ1) is 7.48. The number of alkyl halides is 3. The number of anilines is 1. The zero-order valence-corrected chi connectivity index (χ0v) is 9.01. The molecule has 0 atom stereocenters. The average Bonchev–Trinajstić information content (AvgIpc) is 2.69. The van der Waals surface area contributed by atoms with Gasteiger partial charge in [-0.3, -0.25) is 0 Å². The van der Waals surface area contributed by atoms with Crippen LogP contribution >= 0.6 is 0 Å². The molecule has 0 amide bonds.